The molecule has 0 aliphatic carbocycles. The van der Waals surface area contributed by atoms with Crippen molar-refractivity contribution in [3.05, 3.63) is 0 Å². The summed E-state index contributed by atoms with van der Waals surface area (Å²) in [5.74, 6) is -0.535. The fourth-order valence-electron chi connectivity index (χ4n) is 0.198. The van der Waals surface area contributed by atoms with Crippen molar-refractivity contribution in [2.24, 2.45) is 0 Å². The van der Waals surface area contributed by atoms with Gasteiger partial charge in [0.25, 0.3) is 5.91 Å². The molecular weight excluding hydrogens is 110 g/mol. The average Bonchev–Trinajstić information content (AvgIpc) is 1.84. The molecule has 0 aromatic heterocycles. The average molecular weight is 119 g/mol. The molecule has 0 aliphatic heterocycles. The monoisotopic (exact) mass is 119 g/mol. The normalized spacial score (nSPS) is 12.9. The quantitative estimate of drug-likeness (QED) is 0.381. The molecule has 0 heterocycles. The standard InChI is InChI=1S/C4H9NO3/c1-3(8-2)4(6)5-7/h3,7H,1-2H3,(H,5,6). The Kier molecular flexibility index (Phi) is 3.14. The van der Waals surface area contributed by atoms with E-state index in [-0.39, 0.29) is 0 Å². The Morgan fingerprint density at radius 3 is 2.50 bits per heavy atom. The predicted molar refractivity (Wildman–Crippen MR) is 26.4 cm³/mol. The molecule has 0 saturated carbocycles. The zero-order valence-corrected chi connectivity index (χ0v) is 4.84. The maximum Gasteiger partial charge on any atom is 0.272 e. The van der Waals surface area contributed by atoms with Crippen LogP contribution in [0.4, 0.5) is 0 Å². The minimum absolute atomic E-state index is 0.535. The molecule has 4 nitrogen and oxygen atoms in total. The molecule has 1 unspecified atom stereocenters. The van der Waals surface area contributed by atoms with Crippen LogP contribution in [-0.2, 0) is 9.53 Å². The van der Waals surface area contributed by atoms with E-state index < -0.39 is 12.0 Å². The molecule has 0 aliphatic rings. The molecular formula is C4H9NO3. The number of nitrogens with one attached hydrogen (secondary N) is 1. The Hall–Kier alpha value is -0.610. The summed E-state index contributed by atoms with van der Waals surface area (Å²) in [6.07, 6.45) is -0.583. The van der Waals surface area contributed by atoms with Crippen molar-refractivity contribution in [1.82, 2.24) is 5.48 Å². The van der Waals surface area contributed by atoms with Crippen LogP contribution in [0.3, 0.4) is 0 Å². The Bertz CT molecular complexity index is 83.4. The molecule has 0 aromatic rings. The summed E-state index contributed by atoms with van der Waals surface area (Å²) < 4.78 is 4.53. The largest absolute Gasteiger partial charge is 0.372 e. The first-order valence-corrected chi connectivity index (χ1v) is 2.19. The van der Waals surface area contributed by atoms with E-state index >= 15 is 0 Å². The Balaban J connectivity index is 3.46. The van der Waals surface area contributed by atoms with Gasteiger partial charge < -0.3 is 4.74 Å². The van der Waals surface area contributed by atoms with Crippen LogP contribution < -0.4 is 5.48 Å². The van der Waals surface area contributed by atoms with Crippen LogP contribution >= 0.6 is 0 Å². The van der Waals surface area contributed by atoms with E-state index in [2.05, 4.69) is 4.74 Å². The lowest BCUT2D eigenvalue weighted by molar-refractivity contribution is -0.138. The van der Waals surface area contributed by atoms with Gasteiger partial charge in [0, 0.05) is 7.11 Å². The molecule has 0 spiro atoms. The second-order valence-electron chi connectivity index (χ2n) is 1.35. The summed E-state index contributed by atoms with van der Waals surface area (Å²) in [7, 11) is 1.39. The Morgan fingerprint density at radius 2 is 2.38 bits per heavy atom. The molecule has 1 amide bonds. The van der Waals surface area contributed by atoms with Crippen molar-refractivity contribution in [1.29, 1.82) is 0 Å². The lowest BCUT2D eigenvalue weighted by Crippen LogP contribution is -2.31. The maximum absolute atomic E-state index is 10.3. The van der Waals surface area contributed by atoms with Gasteiger partial charge in [-0.3, -0.25) is 10.0 Å². The zero-order chi connectivity index (χ0) is 6.57. The van der Waals surface area contributed by atoms with E-state index in [9.17, 15) is 4.79 Å². The molecule has 0 bridgehead atoms. The molecule has 2 N–H and O–H groups in total. The number of hydroxylamine groups is 1. The number of amides is 1. The van der Waals surface area contributed by atoms with Crippen LogP contribution in [0.5, 0.6) is 0 Å². The van der Waals surface area contributed by atoms with E-state index in [0.717, 1.165) is 0 Å². The van der Waals surface area contributed by atoms with Crippen LogP contribution in [-0.4, -0.2) is 24.3 Å². The van der Waals surface area contributed by atoms with Crippen LogP contribution in [0.1, 0.15) is 6.92 Å². The van der Waals surface area contributed by atoms with E-state index in [1.54, 1.807) is 0 Å². The smallest absolute Gasteiger partial charge is 0.272 e. The maximum atomic E-state index is 10.3. The number of ether oxygens (including phenoxy) is 1. The molecule has 4 heteroatoms. The SMILES string of the molecule is COC(C)C(=O)NO. The first-order valence-electron chi connectivity index (χ1n) is 2.19. The molecule has 0 radical (unpaired) electrons. The zero-order valence-electron chi connectivity index (χ0n) is 4.84. The van der Waals surface area contributed by atoms with Crippen molar-refractivity contribution >= 4 is 5.91 Å². The van der Waals surface area contributed by atoms with Crippen molar-refractivity contribution in [3.63, 3.8) is 0 Å². The van der Waals surface area contributed by atoms with Crippen LogP contribution in [0.15, 0.2) is 0 Å². The molecule has 48 valence electrons. The molecule has 0 fully saturated rings. The van der Waals surface area contributed by atoms with Gasteiger partial charge >= 0.3 is 0 Å². The Labute approximate surface area is 47.4 Å². The third kappa shape index (κ3) is 1.90. The van der Waals surface area contributed by atoms with Crippen molar-refractivity contribution in [2.75, 3.05) is 7.11 Å². The predicted octanol–water partition coefficient (Wildman–Crippen LogP) is -0.473. The van der Waals surface area contributed by atoms with E-state index in [1.165, 1.54) is 19.5 Å². The third-order valence-corrected chi connectivity index (χ3v) is 0.833. The van der Waals surface area contributed by atoms with E-state index in [0.29, 0.717) is 0 Å². The van der Waals surface area contributed by atoms with Gasteiger partial charge in [-0.15, -0.1) is 0 Å². The summed E-state index contributed by atoms with van der Waals surface area (Å²) in [4.78, 5) is 10.3. The van der Waals surface area contributed by atoms with Gasteiger partial charge in [0.05, 0.1) is 0 Å². The summed E-state index contributed by atoms with van der Waals surface area (Å²) >= 11 is 0. The second-order valence-corrected chi connectivity index (χ2v) is 1.35. The molecule has 0 saturated heterocycles. The third-order valence-electron chi connectivity index (χ3n) is 0.833. The molecule has 8 heavy (non-hydrogen) atoms. The summed E-state index contributed by atoms with van der Waals surface area (Å²) in [5, 5.41) is 7.96. The topological polar surface area (TPSA) is 58.6 Å². The molecule has 0 rings (SSSR count). The highest BCUT2D eigenvalue weighted by atomic mass is 16.5. The fourth-order valence-corrected chi connectivity index (χ4v) is 0.198. The second kappa shape index (κ2) is 3.40. The van der Waals surface area contributed by atoms with E-state index in [1.807, 2.05) is 0 Å². The minimum atomic E-state index is -0.583. The number of hydrogen-bond acceptors (Lipinski definition) is 3. The van der Waals surface area contributed by atoms with Crippen molar-refractivity contribution < 1.29 is 14.7 Å². The van der Waals surface area contributed by atoms with Crippen LogP contribution in [0.25, 0.3) is 0 Å². The fraction of sp³-hybridized carbons (Fsp3) is 0.750. The first-order chi connectivity index (χ1) is 3.72. The van der Waals surface area contributed by atoms with Gasteiger partial charge in [0.2, 0.25) is 0 Å². The van der Waals surface area contributed by atoms with Crippen molar-refractivity contribution in [3.8, 4) is 0 Å². The highest BCUT2D eigenvalue weighted by Gasteiger charge is 2.07. The number of rotatable bonds is 2. The van der Waals surface area contributed by atoms with Gasteiger partial charge in [0.15, 0.2) is 0 Å². The number of hydrogen-bond donors (Lipinski definition) is 2. The number of carbonyl (C=O) groups is 1. The lowest BCUT2D eigenvalue weighted by Gasteiger charge is -2.03. The van der Waals surface area contributed by atoms with Gasteiger partial charge in [-0.05, 0) is 6.92 Å². The van der Waals surface area contributed by atoms with Crippen molar-refractivity contribution in [2.45, 2.75) is 13.0 Å². The highest BCUT2D eigenvalue weighted by Crippen LogP contribution is 1.83. The number of carbonyl (C=O) groups excluding carboxylic acids is 1. The van der Waals surface area contributed by atoms with Gasteiger partial charge in [-0.2, -0.15) is 0 Å². The summed E-state index contributed by atoms with van der Waals surface area (Å²) in [6, 6.07) is 0. The highest BCUT2D eigenvalue weighted by molar-refractivity contribution is 5.78. The molecule has 0 aromatic carbocycles. The van der Waals surface area contributed by atoms with E-state index in [4.69, 9.17) is 5.21 Å². The Morgan fingerprint density at radius 1 is 1.88 bits per heavy atom. The van der Waals surface area contributed by atoms with Crippen LogP contribution in [0, 0.1) is 0 Å². The lowest BCUT2D eigenvalue weighted by atomic mass is 10.4. The first kappa shape index (κ1) is 7.39. The number of methoxy groups -OCH3 is 1. The van der Waals surface area contributed by atoms with Gasteiger partial charge in [0.1, 0.15) is 6.10 Å². The molecule has 1 atom stereocenters. The van der Waals surface area contributed by atoms with Gasteiger partial charge in [-0.25, -0.2) is 5.48 Å². The van der Waals surface area contributed by atoms with Gasteiger partial charge in [-0.1, -0.05) is 0 Å². The summed E-state index contributed by atoms with van der Waals surface area (Å²) in [5.41, 5.74) is 1.45. The minimum Gasteiger partial charge on any atom is -0.372 e. The summed E-state index contributed by atoms with van der Waals surface area (Å²) in [6.45, 7) is 1.53. The van der Waals surface area contributed by atoms with Crippen LogP contribution in [0.2, 0.25) is 0 Å².